The standard InChI is InChI=1S/C17H24N2O6S/c1-4-18(5-2)26(23,24)13-7-6-12(3)14(10-13)16(20)19-8-9-25-11-15(19)17(21)22/h6-7,10,15H,4-5,8-9,11H2,1-3H3,(H,21,22). The highest BCUT2D eigenvalue weighted by atomic mass is 32.2. The molecule has 1 atom stereocenters. The molecule has 9 heteroatoms. The van der Waals surface area contributed by atoms with Crippen LogP contribution in [0.1, 0.15) is 29.8 Å². The maximum absolute atomic E-state index is 12.9. The van der Waals surface area contributed by atoms with Gasteiger partial charge in [-0.3, -0.25) is 4.79 Å². The van der Waals surface area contributed by atoms with Crippen LogP contribution in [0, 0.1) is 6.92 Å². The molecular formula is C17H24N2O6S. The molecule has 0 spiro atoms. The van der Waals surface area contributed by atoms with Crippen molar-refractivity contribution >= 4 is 21.9 Å². The number of aliphatic carboxylic acids is 1. The third kappa shape index (κ3) is 3.89. The maximum atomic E-state index is 12.9. The Hall–Kier alpha value is -1.97. The first-order valence-electron chi connectivity index (χ1n) is 8.46. The van der Waals surface area contributed by atoms with Crippen molar-refractivity contribution in [2.75, 3.05) is 32.8 Å². The van der Waals surface area contributed by atoms with Crippen LogP contribution in [0.15, 0.2) is 23.1 Å². The van der Waals surface area contributed by atoms with E-state index in [1.54, 1.807) is 26.8 Å². The van der Waals surface area contributed by atoms with E-state index in [0.717, 1.165) is 0 Å². The van der Waals surface area contributed by atoms with E-state index in [1.807, 2.05) is 0 Å². The number of sulfonamides is 1. The molecule has 0 radical (unpaired) electrons. The summed E-state index contributed by atoms with van der Waals surface area (Å²) >= 11 is 0. The van der Waals surface area contributed by atoms with Crippen LogP contribution >= 0.6 is 0 Å². The summed E-state index contributed by atoms with van der Waals surface area (Å²) in [5, 5.41) is 9.32. The van der Waals surface area contributed by atoms with Gasteiger partial charge in [-0.05, 0) is 24.6 Å². The zero-order valence-electron chi connectivity index (χ0n) is 15.1. The second kappa shape index (κ2) is 8.15. The van der Waals surface area contributed by atoms with Crippen LogP contribution in [0.3, 0.4) is 0 Å². The number of amides is 1. The first kappa shape index (κ1) is 20.3. The Bertz CT molecular complexity index is 788. The van der Waals surface area contributed by atoms with Crippen molar-refractivity contribution in [1.29, 1.82) is 0 Å². The van der Waals surface area contributed by atoms with Crippen LogP contribution in [-0.2, 0) is 19.6 Å². The molecule has 0 bridgehead atoms. The molecule has 1 N–H and O–H groups in total. The van der Waals surface area contributed by atoms with E-state index in [1.165, 1.54) is 21.3 Å². The molecule has 0 aliphatic carbocycles. The van der Waals surface area contributed by atoms with Crippen molar-refractivity contribution in [3.8, 4) is 0 Å². The second-order valence-corrected chi connectivity index (χ2v) is 7.93. The largest absolute Gasteiger partial charge is 0.480 e. The first-order valence-corrected chi connectivity index (χ1v) is 9.90. The van der Waals surface area contributed by atoms with Gasteiger partial charge in [0.15, 0.2) is 6.04 Å². The number of carbonyl (C=O) groups excluding carboxylic acids is 1. The number of hydrogen-bond donors (Lipinski definition) is 1. The lowest BCUT2D eigenvalue weighted by Crippen LogP contribution is -2.52. The molecule has 1 aromatic carbocycles. The minimum absolute atomic E-state index is 0.0234. The molecular weight excluding hydrogens is 360 g/mol. The van der Waals surface area contributed by atoms with Crippen LogP contribution in [0.2, 0.25) is 0 Å². The number of nitrogens with zero attached hydrogens (tertiary/aromatic N) is 2. The summed E-state index contributed by atoms with van der Waals surface area (Å²) in [6.07, 6.45) is 0. The van der Waals surface area contributed by atoms with E-state index < -0.39 is 27.9 Å². The van der Waals surface area contributed by atoms with Crippen molar-refractivity contribution < 1.29 is 27.9 Å². The lowest BCUT2D eigenvalue weighted by Gasteiger charge is -2.33. The fraction of sp³-hybridized carbons (Fsp3) is 0.529. The zero-order valence-corrected chi connectivity index (χ0v) is 16.0. The average molecular weight is 384 g/mol. The van der Waals surface area contributed by atoms with Gasteiger partial charge >= 0.3 is 5.97 Å². The predicted molar refractivity (Wildman–Crippen MR) is 94.6 cm³/mol. The topological polar surface area (TPSA) is 104 Å². The van der Waals surface area contributed by atoms with Crippen molar-refractivity contribution in [3.05, 3.63) is 29.3 Å². The number of carboxylic acid groups (broad SMARTS) is 1. The van der Waals surface area contributed by atoms with E-state index >= 15 is 0 Å². The van der Waals surface area contributed by atoms with Gasteiger partial charge in [0.2, 0.25) is 10.0 Å². The molecule has 1 amide bonds. The quantitative estimate of drug-likeness (QED) is 0.783. The lowest BCUT2D eigenvalue weighted by molar-refractivity contribution is -0.147. The van der Waals surface area contributed by atoms with Gasteiger partial charge in [-0.15, -0.1) is 0 Å². The molecule has 2 rings (SSSR count). The van der Waals surface area contributed by atoms with Crippen LogP contribution in [0.4, 0.5) is 0 Å². The highest BCUT2D eigenvalue weighted by Crippen LogP contribution is 2.22. The molecule has 1 saturated heterocycles. The molecule has 1 aliphatic rings. The summed E-state index contributed by atoms with van der Waals surface area (Å²) in [7, 11) is -3.71. The Morgan fingerprint density at radius 3 is 2.54 bits per heavy atom. The Labute approximate surface area is 153 Å². The highest BCUT2D eigenvalue weighted by Gasteiger charge is 2.34. The van der Waals surface area contributed by atoms with Crippen LogP contribution < -0.4 is 0 Å². The van der Waals surface area contributed by atoms with Crippen molar-refractivity contribution in [2.24, 2.45) is 0 Å². The summed E-state index contributed by atoms with van der Waals surface area (Å²) in [5.74, 6) is -1.66. The number of carbonyl (C=O) groups is 2. The molecule has 1 unspecified atom stereocenters. The Kier molecular flexibility index (Phi) is 6.38. The molecule has 1 aliphatic heterocycles. The molecule has 26 heavy (non-hydrogen) atoms. The molecule has 0 aromatic heterocycles. The molecule has 8 nitrogen and oxygen atoms in total. The van der Waals surface area contributed by atoms with E-state index in [2.05, 4.69) is 0 Å². The van der Waals surface area contributed by atoms with Gasteiger partial charge in [-0.1, -0.05) is 19.9 Å². The average Bonchev–Trinajstić information content (AvgIpc) is 2.62. The number of morpholine rings is 1. The van der Waals surface area contributed by atoms with Gasteiger partial charge < -0.3 is 14.7 Å². The van der Waals surface area contributed by atoms with E-state index in [9.17, 15) is 23.1 Å². The van der Waals surface area contributed by atoms with E-state index in [-0.39, 0.29) is 30.2 Å². The van der Waals surface area contributed by atoms with Gasteiger partial charge in [-0.2, -0.15) is 4.31 Å². The van der Waals surface area contributed by atoms with Crippen LogP contribution in [0.25, 0.3) is 0 Å². The number of carboxylic acids is 1. The number of ether oxygens (including phenoxy) is 1. The van der Waals surface area contributed by atoms with Gasteiger partial charge in [0.05, 0.1) is 18.1 Å². The van der Waals surface area contributed by atoms with Crippen molar-refractivity contribution in [3.63, 3.8) is 0 Å². The normalized spacial score (nSPS) is 18.2. The minimum Gasteiger partial charge on any atom is -0.480 e. The Balaban J connectivity index is 2.44. The number of hydrogen-bond acceptors (Lipinski definition) is 5. The van der Waals surface area contributed by atoms with E-state index in [4.69, 9.17) is 4.74 Å². The van der Waals surface area contributed by atoms with Gasteiger partial charge in [-0.25, -0.2) is 13.2 Å². The second-order valence-electron chi connectivity index (χ2n) is 5.99. The number of benzene rings is 1. The number of aryl methyl sites for hydroxylation is 1. The smallest absolute Gasteiger partial charge is 0.328 e. The Morgan fingerprint density at radius 2 is 1.96 bits per heavy atom. The number of rotatable bonds is 6. The summed E-state index contributed by atoms with van der Waals surface area (Å²) < 4.78 is 31.9. The van der Waals surface area contributed by atoms with Gasteiger partial charge in [0, 0.05) is 25.2 Å². The summed E-state index contributed by atoms with van der Waals surface area (Å²) in [6.45, 7) is 6.11. The molecule has 1 heterocycles. The van der Waals surface area contributed by atoms with Gasteiger partial charge in [0.1, 0.15) is 0 Å². The third-order valence-electron chi connectivity index (χ3n) is 4.46. The molecule has 144 valence electrons. The highest BCUT2D eigenvalue weighted by molar-refractivity contribution is 7.89. The molecule has 0 saturated carbocycles. The minimum atomic E-state index is -3.71. The fourth-order valence-corrected chi connectivity index (χ4v) is 4.40. The van der Waals surface area contributed by atoms with E-state index in [0.29, 0.717) is 18.7 Å². The predicted octanol–water partition coefficient (Wildman–Crippen LogP) is 0.951. The zero-order chi connectivity index (χ0) is 19.5. The molecule has 1 aromatic rings. The summed E-state index contributed by atoms with van der Waals surface area (Å²) in [5.41, 5.74) is 0.774. The first-order chi connectivity index (χ1) is 12.2. The Morgan fingerprint density at radius 1 is 1.31 bits per heavy atom. The fourth-order valence-electron chi connectivity index (χ4n) is 2.91. The van der Waals surface area contributed by atoms with Gasteiger partial charge in [0.25, 0.3) is 5.91 Å². The third-order valence-corrected chi connectivity index (χ3v) is 6.50. The summed E-state index contributed by atoms with van der Waals surface area (Å²) in [6, 6.07) is 3.28. The van der Waals surface area contributed by atoms with Crippen molar-refractivity contribution in [1.82, 2.24) is 9.21 Å². The van der Waals surface area contributed by atoms with Crippen LogP contribution in [-0.4, -0.2) is 73.5 Å². The lowest BCUT2D eigenvalue weighted by atomic mass is 10.1. The maximum Gasteiger partial charge on any atom is 0.328 e. The summed E-state index contributed by atoms with van der Waals surface area (Å²) in [4.78, 5) is 25.6. The van der Waals surface area contributed by atoms with Crippen LogP contribution in [0.5, 0.6) is 0 Å². The molecule has 1 fully saturated rings. The SMILES string of the molecule is CCN(CC)S(=O)(=O)c1ccc(C)c(C(=O)N2CCOCC2C(=O)O)c1. The monoisotopic (exact) mass is 384 g/mol. The van der Waals surface area contributed by atoms with Crippen molar-refractivity contribution in [2.45, 2.75) is 31.7 Å².